The minimum absolute atomic E-state index is 0.0699. The highest BCUT2D eigenvalue weighted by atomic mass is 14.7. The molecule has 5 N–H and O–H groups in total. The van der Waals surface area contributed by atoms with Crippen molar-refractivity contribution in [2.45, 2.75) is 6.04 Å². The molecule has 1 heterocycles. The summed E-state index contributed by atoms with van der Waals surface area (Å²) in [6, 6.07) is 8.00. The summed E-state index contributed by atoms with van der Waals surface area (Å²) < 4.78 is 0. The van der Waals surface area contributed by atoms with Crippen LogP contribution in [0.15, 0.2) is 30.5 Å². The molecule has 2 rings (SSSR count). The first-order valence-corrected chi connectivity index (χ1v) is 4.34. The number of rotatable bonds is 2. The van der Waals surface area contributed by atoms with Crippen LogP contribution >= 0.6 is 0 Å². The maximum Gasteiger partial charge on any atom is 0.0457 e. The molecule has 0 saturated heterocycles. The fourth-order valence-corrected chi connectivity index (χ4v) is 1.56. The molecule has 1 atom stereocenters. The van der Waals surface area contributed by atoms with E-state index in [9.17, 15) is 0 Å². The van der Waals surface area contributed by atoms with E-state index in [-0.39, 0.29) is 6.04 Å². The SMILES string of the molecule is NCC(N)c1cccc2[nH]ccc12. The van der Waals surface area contributed by atoms with Crippen LogP contribution in [0.1, 0.15) is 11.6 Å². The van der Waals surface area contributed by atoms with Crippen molar-refractivity contribution in [3.63, 3.8) is 0 Å². The van der Waals surface area contributed by atoms with Crippen LogP contribution in [0, 0.1) is 0 Å². The number of hydrogen-bond acceptors (Lipinski definition) is 2. The molecule has 1 unspecified atom stereocenters. The summed E-state index contributed by atoms with van der Waals surface area (Å²) in [7, 11) is 0. The molecule has 0 amide bonds. The first-order valence-electron chi connectivity index (χ1n) is 4.34. The molecule has 0 saturated carbocycles. The van der Waals surface area contributed by atoms with Gasteiger partial charge in [-0.3, -0.25) is 0 Å². The van der Waals surface area contributed by atoms with Gasteiger partial charge in [-0.2, -0.15) is 0 Å². The molecule has 1 aromatic carbocycles. The summed E-state index contributed by atoms with van der Waals surface area (Å²) >= 11 is 0. The highest BCUT2D eigenvalue weighted by Gasteiger charge is 2.07. The Morgan fingerprint density at radius 3 is 2.92 bits per heavy atom. The van der Waals surface area contributed by atoms with Crippen LogP contribution in [0.2, 0.25) is 0 Å². The van der Waals surface area contributed by atoms with Crippen molar-refractivity contribution < 1.29 is 0 Å². The Kier molecular flexibility index (Phi) is 2.04. The molecule has 3 heteroatoms. The Morgan fingerprint density at radius 1 is 1.31 bits per heavy atom. The van der Waals surface area contributed by atoms with Crippen molar-refractivity contribution in [1.82, 2.24) is 4.98 Å². The van der Waals surface area contributed by atoms with Gasteiger partial charge in [-0.25, -0.2) is 0 Å². The van der Waals surface area contributed by atoms with E-state index in [0.717, 1.165) is 11.1 Å². The molecule has 68 valence electrons. The Bertz CT molecular complexity index is 405. The van der Waals surface area contributed by atoms with Crippen molar-refractivity contribution >= 4 is 10.9 Å². The standard InChI is InChI=1S/C10H13N3/c11-6-9(12)7-2-1-3-10-8(7)4-5-13-10/h1-5,9,13H,6,11-12H2. The highest BCUT2D eigenvalue weighted by Crippen LogP contribution is 2.21. The van der Waals surface area contributed by atoms with Gasteiger partial charge < -0.3 is 16.5 Å². The minimum Gasteiger partial charge on any atom is -0.361 e. The van der Waals surface area contributed by atoms with Crippen molar-refractivity contribution in [1.29, 1.82) is 0 Å². The quantitative estimate of drug-likeness (QED) is 0.640. The molecule has 0 aliphatic rings. The molecule has 13 heavy (non-hydrogen) atoms. The molecule has 0 bridgehead atoms. The van der Waals surface area contributed by atoms with Crippen molar-refractivity contribution in [3.8, 4) is 0 Å². The van der Waals surface area contributed by atoms with Crippen molar-refractivity contribution in [2.24, 2.45) is 11.5 Å². The van der Waals surface area contributed by atoms with E-state index in [4.69, 9.17) is 11.5 Å². The van der Waals surface area contributed by atoms with Crippen molar-refractivity contribution in [3.05, 3.63) is 36.0 Å². The maximum atomic E-state index is 5.88. The van der Waals surface area contributed by atoms with Gasteiger partial charge in [0.25, 0.3) is 0 Å². The van der Waals surface area contributed by atoms with Crippen LogP contribution in [0.5, 0.6) is 0 Å². The molecule has 3 nitrogen and oxygen atoms in total. The zero-order chi connectivity index (χ0) is 9.26. The summed E-state index contributed by atoms with van der Waals surface area (Å²) in [5, 5.41) is 1.17. The monoisotopic (exact) mass is 175 g/mol. The van der Waals surface area contributed by atoms with E-state index in [1.54, 1.807) is 0 Å². The molecular formula is C10H13N3. The van der Waals surface area contributed by atoms with Gasteiger partial charge in [0.05, 0.1) is 0 Å². The van der Waals surface area contributed by atoms with Gasteiger partial charge in [0.15, 0.2) is 0 Å². The molecule has 0 radical (unpaired) electrons. The average molecular weight is 175 g/mol. The topological polar surface area (TPSA) is 67.8 Å². The summed E-state index contributed by atoms with van der Waals surface area (Å²) in [5.74, 6) is 0. The third kappa shape index (κ3) is 1.32. The minimum atomic E-state index is -0.0699. The normalized spacial score (nSPS) is 13.4. The second-order valence-corrected chi connectivity index (χ2v) is 3.13. The van der Waals surface area contributed by atoms with Gasteiger partial charge in [-0.05, 0) is 17.7 Å². The lowest BCUT2D eigenvalue weighted by molar-refractivity contribution is 0.743. The molecular weight excluding hydrogens is 162 g/mol. The van der Waals surface area contributed by atoms with Crippen LogP contribution in [0.25, 0.3) is 10.9 Å². The summed E-state index contributed by atoms with van der Waals surface area (Å²) in [6.07, 6.45) is 1.91. The van der Waals surface area contributed by atoms with Gasteiger partial charge in [0.1, 0.15) is 0 Å². The Morgan fingerprint density at radius 2 is 2.15 bits per heavy atom. The van der Waals surface area contributed by atoms with Gasteiger partial charge in [0.2, 0.25) is 0 Å². The third-order valence-electron chi connectivity index (χ3n) is 2.28. The van der Waals surface area contributed by atoms with Gasteiger partial charge in [-0.1, -0.05) is 12.1 Å². The average Bonchev–Trinajstić information content (AvgIpc) is 2.63. The summed E-state index contributed by atoms with van der Waals surface area (Å²) in [4.78, 5) is 3.14. The summed E-state index contributed by atoms with van der Waals surface area (Å²) in [6.45, 7) is 0.476. The lowest BCUT2D eigenvalue weighted by atomic mass is 10.0. The van der Waals surface area contributed by atoms with Crippen LogP contribution in [-0.4, -0.2) is 11.5 Å². The van der Waals surface area contributed by atoms with E-state index < -0.39 is 0 Å². The Labute approximate surface area is 76.7 Å². The number of aromatic amines is 1. The maximum absolute atomic E-state index is 5.88. The van der Waals surface area contributed by atoms with Crippen LogP contribution in [0.4, 0.5) is 0 Å². The number of H-pyrrole nitrogens is 1. The fourth-order valence-electron chi connectivity index (χ4n) is 1.56. The summed E-state index contributed by atoms with van der Waals surface area (Å²) in [5.41, 5.74) is 13.6. The molecule has 1 aromatic heterocycles. The van der Waals surface area contributed by atoms with E-state index in [0.29, 0.717) is 6.54 Å². The number of nitrogens with two attached hydrogens (primary N) is 2. The van der Waals surface area contributed by atoms with E-state index in [1.807, 2.05) is 30.5 Å². The zero-order valence-corrected chi connectivity index (χ0v) is 7.33. The largest absolute Gasteiger partial charge is 0.361 e. The number of benzene rings is 1. The first kappa shape index (κ1) is 8.29. The Hall–Kier alpha value is -1.32. The van der Waals surface area contributed by atoms with E-state index >= 15 is 0 Å². The lowest BCUT2D eigenvalue weighted by Gasteiger charge is -2.09. The number of hydrogen-bond donors (Lipinski definition) is 3. The number of aromatic nitrogens is 1. The number of fused-ring (bicyclic) bond motifs is 1. The van der Waals surface area contributed by atoms with Crippen LogP contribution < -0.4 is 11.5 Å². The van der Waals surface area contributed by atoms with Crippen molar-refractivity contribution in [2.75, 3.05) is 6.54 Å². The third-order valence-corrected chi connectivity index (χ3v) is 2.28. The predicted molar refractivity (Wildman–Crippen MR) is 54.3 cm³/mol. The molecule has 2 aromatic rings. The second kappa shape index (κ2) is 3.20. The van der Waals surface area contributed by atoms with Crippen LogP contribution in [0.3, 0.4) is 0 Å². The molecule has 0 aliphatic heterocycles. The van der Waals surface area contributed by atoms with Crippen LogP contribution in [-0.2, 0) is 0 Å². The number of nitrogens with one attached hydrogen (secondary N) is 1. The molecule has 0 aliphatic carbocycles. The predicted octanol–water partition coefficient (Wildman–Crippen LogP) is 1.13. The lowest BCUT2D eigenvalue weighted by Crippen LogP contribution is -2.20. The second-order valence-electron chi connectivity index (χ2n) is 3.13. The highest BCUT2D eigenvalue weighted by molar-refractivity contribution is 5.83. The van der Waals surface area contributed by atoms with E-state index in [1.165, 1.54) is 5.39 Å². The molecule has 0 fully saturated rings. The first-order chi connectivity index (χ1) is 6.33. The van der Waals surface area contributed by atoms with Gasteiger partial charge >= 0.3 is 0 Å². The Balaban J connectivity index is 2.60. The molecule has 0 spiro atoms. The van der Waals surface area contributed by atoms with Gasteiger partial charge in [0, 0.05) is 29.7 Å². The zero-order valence-electron chi connectivity index (χ0n) is 7.33. The smallest absolute Gasteiger partial charge is 0.0457 e. The van der Waals surface area contributed by atoms with E-state index in [2.05, 4.69) is 4.98 Å². The van der Waals surface area contributed by atoms with Gasteiger partial charge in [-0.15, -0.1) is 0 Å². The fraction of sp³-hybridized carbons (Fsp3) is 0.200.